The molecule has 1 aromatic heterocycles. The van der Waals surface area contributed by atoms with Crippen molar-refractivity contribution in [1.82, 2.24) is 9.88 Å². The molecule has 8 heteroatoms. The second-order valence-corrected chi connectivity index (χ2v) is 8.29. The van der Waals surface area contributed by atoms with Crippen molar-refractivity contribution < 1.29 is 23.8 Å². The number of benzene rings is 2. The number of esters is 1. The minimum Gasteiger partial charge on any atom is -0.497 e. The average Bonchev–Trinajstić information content (AvgIpc) is 3.12. The van der Waals surface area contributed by atoms with Crippen LogP contribution in [0.2, 0.25) is 0 Å². The first-order chi connectivity index (χ1) is 16.8. The maximum absolute atomic E-state index is 13.5. The molecule has 0 unspecified atom stereocenters. The summed E-state index contributed by atoms with van der Waals surface area (Å²) >= 11 is 0. The molecule has 0 bridgehead atoms. The van der Waals surface area contributed by atoms with Crippen molar-refractivity contribution in [3.8, 4) is 11.5 Å². The lowest BCUT2D eigenvalue weighted by molar-refractivity contribution is 0.0525. The monoisotopic (exact) mass is 479 g/mol. The molecular weight excluding hydrogens is 446 g/mol. The number of anilines is 1. The second-order valence-electron chi connectivity index (χ2n) is 8.29. The van der Waals surface area contributed by atoms with Gasteiger partial charge in [-0.25, -0.2) is 9.59 Å². The zero-order valence-corrected chi connectivity index (χ0v) is 21.2. The summed E-state index contributed by atoms with van der Waals surface area (Å²) in [5.74, 6) is 0.743. The normalized spacial score (nSPS) is 10.6. The fourth-order valence-corrected chi connectivity index (χ4v) is 3.88. The highest BCUT2D eigenvalue weighted by atomic mass is 16.5. The summed E-state index contributed by atoms with van der Waals surface area (Å²) in [6.45, 7) is 8.42. The molecule has 0 atom stereocenters. The van der Waals surface area contributed by atoms with Gasteiger partial charge >= 0.3 is 12.0 Å². The lowest BCUT2D eigenvalue weighted by atomic mass is 10.1. The summed E-state index contributed by atoms with van der Waals surface area (Å²) in [6.07, 6.45) is 0. The molecule has 186 valence electrons. The van der Waals surface area contributed by atoms with Gasteiger partial charge in [-0.1, -0.05) is 29.8 Å². The lowest BCUT2D eigenvalue weighted by Crippen LogP contribution is -2.34. The first kappa shape index (κ1) is 25.7. The van der Waals surface area contributed by atoms with Crippen LogP contribution < -0.4 is 14.8 Å². The number of aromatic amines is 1. The molecule has 2 N–H and O–H groups in total. The Kier molecular flexibility index (Phi) is 8.41. The number of nitrogens with zero attached hydrogens (tertiary/aromatic N) is 1. The number of hydrogen-bond donors (Lipinski definition) is 2. The molecule has 0 aliphatic rings. The van der Waals surface area contributed by atoms with Gasteiger partial charge in [0.2, 0.25) is 0 Å². The molecule has 0 saturated heterocycles. The van der Waals surface area contributed by atoms with Crippen molar-refractivity contribution in [2.24, 2.45) is 0 Å². The highest BCUT2D eigenvalue weighted by Gasteiger charge is 2.23. The number of nitrogens with one attached hydrogen (secondary N) is 2. The smallest absolute Gasteiger partial charge is 0.340 e. The number of ether oxygens (including phenoxy) is 3. The SMILES string of the molecule is CCOC(=O)c1c(C)[nH]c(CN(Cc2ccc(C)cc2)C(=O)Nc2ccc(OC)cc2OC)c1C. The third kappa shape index (κ3) is 6.15. The zero-order chi connectivity index (χ0) is 25.5. The number of carbonyl (C=O) groups excluding carboxylic acids is 2. The molecule has 2 aromatic carbocycles. The van der Waals surface area contributed by atoms with E-state index in [4.69, 9.17) is 14.2 Å². The van der Waals surface area contributed by atoms with E-state index in [0.717, 1.165) is 22.4 Å². The molecule has 2 amide bonds. The summed E-state index contributed by atoms with van der Waals surface area (Å²) in [5.41, 5.74) is 5.41. The summed E-state index contributed by atoms with van der Waals surface area (Å²) in [6, 6.07) is 12.9. The fourth-order valence-electron chi connectivity index (χ4n) is 3.88. The number of aromatic nitrogens is 1. The topological polar surface area (TPSA) is 92.9 Å². The second kappa shape index (κ2) is 11.5. The Balaban J connectivity index is 1.91. The van der Waals surface area contributed by atoms with E-state index in [0.29, 0.717) is 41.6 Å². The van der Waals surface area contributed by atoms with E-state index in [2.05, 4.69) is 10.3 Å². The highest BCUT2D eigenvalue weighted by molar-refractivity contribution is 5.93. The van der Waals surface area contributed by atoms with Crippen molar-refractivity contribution in [3.05, 3.63) is 76.1 Å². The first-order valence-corrected chi connectivity index (χ1v) is 11.5. The van der Waals surface area contributed by atoms with Gasteiger partial charge in [0.15, 0.2) is 0 Å². The van der Waals surface area contributed by atoms with E-state index in [1.54, 1.807) is 37.1 Å². The molecule has 35 heavy (non-hydrogen) atoms. The summed E-state index contributed by atoms with van der Waals surface area (Å²) in [5, 5.41) is 2.95. The number of hydrogen-bond acceptors (Lipinski definition) is 5. The molecule has 1 heterocycles. The Hall–Kier alpha value is -3.94. The zero-order valence-electron chi connectivity index (χ0n) is 21.2. The van der Waals surface area contributed by atoms with Gasteiger partial charge in [0.1, 0.15) is 11.5 Å². The number of urea groups is 1. The predicted molar refractivity (Wildman–Crippen MR) is 135 cm³/mol. The summed E-state index contributed by atoms with van der Waals surface area (Å²) in [7, 11) is 3.11. The third-order valence-corrected chi connectivity index (χ3v) is 5.80. The van der Waals surface area contributed by atoms with E-state index in [-0.39, 0.29) is 18.5 Å². The third-order valence-electron chi connectivity index (χ3n) is 5.80. The van der Waals surface area contributed by atoms with Crippen molar-refractivity contribution in [2.75, 3.05) is 26.1 Å². The van der Waals surface area contributed by atoms with Crippen LogP contribution in [-0.4, -0.2) is 42.7 Å². The molecule has 8 nitrogen and oxygen atoms in total. The van der Waals surface area contributed by atoms with Crippen LogP contribution in [-0.2, 0) is 17.8 Å². The van der Waals surface area contributed by atoms with Gasteiger partial charge in [0.05, 0.1) is 38.6 Å². The Morgan fingerprint density at radius 1 is 0.971 bits per heavy atom. The van der Waals surface area contributed by atoms with Gasteiger partial charge in [0, 0.05) is 24.0 Å². The fraction of sp³-hybridized carbons (Fsp3) is 0.333. The van der Waals surface area contributed by atoms with E-state index >= 15 is 0 Å². The van der Waals surface area contributed by atoms with E-state index in [1.807, 2.05) is 45.0 Å². The molecule has 0 aliphatic heterocycles. The van der Waals surface area contributed by atoms with E-state index < -0.39 is 0 Å². The number of rotatable bonds is 9. The Morgan fingerprint density at radius 2 is 1.69 bits per heavy atom. The number of carbonyl (C=O) groups is 2. The van der Waals surface area contributed by atoms with Crippen molar-refractivity contribution >= 4 is 17.7 Å². The quantitative estimate of drug-likeness (QED) is 0.403. The van der Waals surface area contributed by atoms with Crippen molar-refractivity contribution in [3.63, 3.8) is 0 Å². The van der Waals surface area contributed by atoms with Gasteiger partial charge in [-0.3, -0.25) is 0 Å². The molecule has 3 aromatic rings. The van der Waals surface area contributed by atoms with Gasteiger partial charge in [-0.05, 0) is 51.0 Å². The number of methoxy groups -OCH3 is 2. The standard InChI is InChI=1S/C27H33N3O5/c1-7-35-26(31)25-18(3)23(28-19(25)4)16-30(15-20-10-8-17(2)9-11-20)27(32)29-22-13-12-21(33-5)14-24(22)34-6/h8-14,28H,7,15-16H2,1-6H3,(H,29,32). The van der Waals surface area contributed by atoms with Crippen LogP contribution in [0.3, 0.4) is 0 Å². The largest absolute Gasteiger partial charge is 0.497 e. The molecular formula is C27H33N3O5. The van der Waals surface area contributed by atoms with E-state index in [1.165, 1.54) is 7.11 Å². The Labute approximate surface area is 206 Å². The van der Waals surface area contributed by atoms with Gasteiger partial charge in [-0.2, -0.15) is 0 Å². The molecule has 0 radical (unpaired) electrons. The number of H-pyrrole nitrogens is 1. The highest BCUT2D eigenvalue weighted by Crippen LogP contribution is 2.30. The molecule has 0 fully saturated rings. The van der Waals surface area contributed by atoms with Gasteiger partial charge < -0.3 is 29.4 Å². The van der Waals surface area contributed by atoms with Crippen molar-refractivity contribution in [1.29, 1.82) is 0 Å². The van der Waals surface area contributed by atoms with Gasteiger partial charge in [0.25, 0.3) is 0 Å². The van der Waals surface area contributed by atoms with Crippen LogP contribution in [0.25, 0.3) is 0 Å². The average molecular weight is 480 g/mol. The first-order valence-electron chi connectivity index (χ1n) is 11.5. The van der Waals surface area contributed by atoms with Crippen LogP contribution in [0.1, 0.15) is 45.4 Å². The van der Waals surface area contributed by atoms with Crippen LogP contribution in [0, 0.1) is 20.8 Å². The minimum absolute atomic E-state index is 0.268. The van der Waals surface area contributed by atoms with Gasteiger partial charge in [-0.15, -0.1) is 0 Å². The Morgan fingerprint density at radius 3 is 2.31 bits per heavy atom. The van der Waals surface area contributed by atoms with Crippen molar-refractivity contribution in [2.45, 2.75) is 40.8 Å². The number of aryl methyl sites for hydroxylation is 2. The number of amides is 2. The van der Waals surface area contributed by atoms with E-state index in [9.17, 15) is 9.59 Å². The lowest BCUT2D eigenvalue weighted by Gasteiger charge is -2.24. The predicted octanol–water partition coefficient (Wildman–Crippen LogP) is 5.37. The van der Waals surface area contributed by atoms with Crippen LogP contribution >= 0.6 is 0 Å². The van der Waals surface area contributed by atoms with Crippen LogP contribution in [0.5, 0.6) is 11.5 Å². The molecule has 3 rings (SSSR count). The summed E-state index contributed by atoms with van der Waals surface area (Å²) in [4.78, 5) is 30.9. The van der Waals surface area contributed by atoms with Crippen LogP contribution in [0.4, 0.5) is 10.5 Å². The molecule has 0 saturated carbocycles. The van der Waals surface area contributed by atoms with Crippen LogP contribution in [0.15, 0.2) is 42.5 Å². The summed E-state index contributed by atoms with van der Waals surface area (Å²) < 4.78 is 15.9. The minimum atomic E-state index is -0.373. The molecule has 0 spiro atoms. The Bertz CT molecular complexity index is 1180. The maximum atomic E-state index is 13.5. The molecule has 0 aliphatic carbocycles. The maximum Gasteiger partial charge on any atom is 0.340 e.